The van der Waals surface area contributed by atoms with Gasteiger partial charge in [-0.3, -0.25) is 4.79 Å². The molecule has 0 aliphatic heterocycles. The van der Waals surface area contributed by atoms with Gasteiger partial charge in [0.15, 0.2) is 0 Å². The highest BCUT2D eigenvalue weighted by Gasteiger charge is 2.14. The molecule has 5 nitrogen and oxygen atoms in total. The number of ether oxygens (including phenoxy) is 1. The van der Waals surface area contributed by atoms with E-state index in [1.54, 1.807) is 0 Å². The van der Waals surface area contributed by atoms with Gasteiger partial charge in [0.2, 0.25) is 0 Å². The predicted molar refractivity (Wildman–Crippen MR) is 93.2 cm³/mol. The van der Waals surface area contributed by atoms with Gasteiger partial charge < -0.3 is 14.2 Å². The Morgan fingerprint density at radius 3 is 2.25 bits per heavy atom. The summed E-state index contributed by atoms with van der Waals surface area (Å²) < 4.78 is 10.9. The first-order valence-electron chi connectivity index (χ1n) is 8.50. The number of carbonyl (C=O) groups excluding carboxylic acids is 1. The molecule has 0 bridgehead atoms. The van der Waals surface area contributed by atoms with Crippen LogP contribution in [0.4, 0.5) is 0 Å². The molecule has 1 aromatic heterocycles. The topological polar surface area (TPSA) is 55.6 Å². The fraction of sp³-hybridized carbons (Fsp3) is 0.474. The van der Waals surface area contributed by atoms with Gasteiger partial charge in [0.05, 0.1) is 11.3 Å². The van der Waals surface area contributed by atoms with E-state index in [-0.39, 0.29) is 5.91 Å². The third-order valence-corrected chi connectivity index (χ3v) is 3.94. The second kappa shape index (κ2) is 8.52. The Labute approximate surface area is 143 Å². The highest BCUT2D eigenvalue weighted by Crippen LogP contribution is 2.18. The zero-order chi connectivity index (χ0) is 17.5. The number of hydrogen-bond donors (Lipinski definition) is 0. The van der Waals surface area contributed by atoms with Crippen LogP contribution >= 0.6 is 0 Å². The van der Waals surface area contributed by atoms with Crippen LogP contribution in [0.3, 0.4) is 0 Å². The van der Waals surface area contributed by atoms with Gasteiger partial charge in [-0.25, -0.2) is 0 Å². The summed E-state index contributed by atoms with van der Waals surface area (Å²) in [4.78, 5) is 14.4. The van der Waals surface area contributed by atoms with E-state index in [0.717, 1.165) is 48.7 Å². The lowest BCUT2D eigenvalue weighted by Crippen LogP contribution is -2.32. The first-order chi connectivity index (χ1) is 11.6. The van der Waals surface area contributed by atoms with Crippen LogP contribution in [0.1, 0.15) is 54.1 Å². The summed E-state index contributed by atoms with van der Waals surface area (Å²) in [6, 6.07) is 7.32. The molecular formula is C19H26N2O3. The largest absolute Gasteiger partial charge is 0.489 e. The van der Waals surface area contributed by atoms with Crippen molar-refractivity contribution in [1.29, 1.82) is 0 Å². The van der Waals surface area contributed by atoms with Gasteiger partial charge in [-0.2, -0.15) is 0 Å². The molecule has 130 valence electrons. The lowest BCUT2D eigenvalue weighted by Gasteiger charge is -2.21. The van der Waals surface area contributed by atoms with E-state index in [0.29, 0.717) is 12.2 Å². The summed E-state index contributed by atoms with van der Waals surface area (Å²) in [7, 11) is 0. The first kappa shape index (κ1) is 18.0. The third kappa shape index (κ3) is 4.37. The van der Waals surface area contributed by atoms with Crippen LogP contribution in [0.2, 0.25) is 0 Å². The summed E-state index contributed by atoms with van der Waals surface area (Å²) in [5, 5.41) is 3.91. The summed E-state index contributed by atoms with van der Waals surface area (Å²) in [5.41, 5.74) is 2.50. The zero-order valence-electron chi connectivity index (χ0n) is 15.0. The maximum absolute atomic E-state index is 12.5. The smallest absolute Gasteiger partial charge is 0.253 e. The zero-order valence-corrected chi connectivity index (χ0v) is 15.0. The molecule has 0 fully saturated rings. The van der Waals surface area contributed by atoms with Crippen molar-refractivity contribution in [3.8, 4) is 5.75 Å². The van der Waals surface area contributed by atoms with Gasteiger partial charge in [0.1, 0.15) is 18.1 Å². The number of amides is 1. The van der Waals surface area contributed by atoms with Crippen molar-refractivity contribution in [2.24, 2.45) is 0 Å². The Kier molecular flexibility index (Phi) is 6.41. The molecule has 5 heteroatoms. The molecule has 0 N–H and O–H groups in total. The number of benzene rings is 1. The maximum atomic E-state index is 12.5. The van der Waals surface area contributed by atoms with Gasteiger partial charge in [0.25, 0.3) is 5.91 Å². The molecule has 0 aliphatic carbocycles. The quantitative estimate of drug-likeness (QED) is 0.730. The van der Waals surface area contributed by atoms with E-state index in [4.69, 9.17) is 9.26 Å². The molecule has 0 saturated heterocycles. The Hall–Kier alpha value is -2.30. The van der Waals surface area contributed by atoms with Gasteiger partial charge in [-0.15, -0.1) is 0 Å². The van der Waals surface area contributed by atoms with Gasteiger partial charge in [-0.05, 0) is 51.0 Å². The van der Waals surface area contributed by atoms with Crippen LogP contribution in [0, 0.1) is 13.8 Å². The van der Waals surface area contributed by atoms with E-state index < -0.39 is 0 Å². The Morgan fingerprint density at radius 1 is 1.12 bits per heavy atom. The molecule has 1 aromatic carbocycles. The molecule has 2 rings (SSSR count). The molecule has 0 atom stereocenters. The van der Waals surface area contributed by atoms with Gasteiger partial charge in [0, 0.05) is 18.7 Å². The van der Waals surface area contributed by atoms with Crippen molar-refractivity contribution in [2.45, 2.75) is 47.1 Å². The number of hydrogen-bond acceptors (Lipinski definition) is 4. The van der Waals surface area contributed by atoms with Crippen molar-refractivity contribution in [3.05, 3.63) is 46.8 Å². The first-order valence-corrected chi connectivity index (χ1v) is 8.50. The van der Waals surface area contributed by atoms with Crippen molar-refractivity contribution >= 4 is 5.91 Å². The lowest BCUT2D eigenvalue weighted by atomic mass is 10.1. The molecule has 0 unspecified atom stereocenters. The van der Waals surface area contributed by atoms with Crippen molar-refractivity contribution < 1.29 is 14.1 Å². The van der Waals surface area contributed by atoms with Crippen molar-refractivity contribution in [2.75, 3.05) is 13.1 Å². The number of nitrogens with zero attached hydrogens (tertiary/aromatic N) is 2. The van der Waals surface area contributed by atoms with Gasteiger partial charge in [-0.1, -0.05) is 19.0 Å². The maximum Gasteiger partial charge on any atom is 0.253 e. The van der Waals surface area contributed by atoms with Crippen LogP contribution < -0.4 is 4.74 Å². The van der Waals surface area contributed by atoms with Crippen LogP contribution in [-0.4, -0.2) is 29.1 Å². The molecule has 24 heavy (non-hydrogen) atoms. The fourth-order valence-corrected chi connectivity index (χ4v) is 2.59. The standard InChI is InChI=1S/C19H26N2O3/c1-5-11-21(12-6-2)19(22)16-7-9-17(10-8-16)23-13-18-14(3)20-24-15(18)4/h7-10H,5-6,11-13H2,1-4H3. The summed E-state index contributed by atoms with van der Waals surface area (Å²) in [6.07, 6.45) is 1.93. The van der Waals surface area contributed by atoms with Crippen LogP contribution in [0.25, 0.3) is 0 Å². The second-order valence-electron chi connectivity index (χ2n) is 5.91. The molecule has 0 spiro atoms. The summed E-state index contributed by atoms with van der Waals surface area (Å²) >= 11 is 0. The second-order valence-corrected chi connectivity index (χ2v) is 5.91. The SMILES string of the molecule is CCCN(CCC)C(=O)c1ccc(OCc2c(C)noc2C)cc1. The van der Waals surface area contributed by atoms with E-state index in [1.165, 1.54) is 0 Å². The fourth-order valence-electron chi connectivity index (χ4n) is 2.59. The summed E-state index contributed by atoms with van der Waals surface area (Å²) in [6.45, 7) is 9.92. The number of aromatic nitrogens is 1. The average Bonchev–Trinajstić information content (AvgIpc) is 2.91. The molecule has 1 heterocycles. The molecule has 1 amide bonds. The molecule has 2 aromatic rings. The number of carbonyl (C=O) groups is 1. The Balaban J connectivity index is 2.00. The highest BCUT2D eigenvalue weighted by molar-refractivity contribution is 5.94. The molecule has 0 radical (unpaired) electrons. The van der Waals surface area contributed by atoms with Crippen molar-refractivity contribution in [1.82, 2.24) is 10.1 Å². The highest BCUT2D eigenvalue weighted by atomic mass is 16.5. The van der Waals surface area contributed by atoms with E-state index in [9.17, 15) is 4.79 Å². The third-order valence-electron chi connectivity index (χ3n) is 3.94. The van der Waals surface area contributed by atoms with Crippen LogP contribution in [0.15, 0.2) is 28.8 Å². The van der Waals surface area contributed by atoms with E-state index in [1.807, 2.05) is 43.0 Å². The average molecular weight is 330 g/mol. The predicted octanol–water partition coefficient (Wildman–Crippen LogP) is 4.13. The minimum atomic E-state index is 0.0796. The van der Waals surface area contributed by atoms with Crippen LogP contribution in [-0.2, 0) is 6.61 Å². The Bertz CT molecular complexity index is 636. The Morgan fingerprint density at radius 2 is 1.75 bits per heavy atom. The molecule has 0 aliphatic rings. The van der Waals surface area contributed by atoms with Crippen LogP contribution in [0.5, 0.6) is 5.75 Å². The molecule has 0 saturated carbocycles. The minimum absolute atomic E-state index is 0.0796. The monoisotopic (exact) mass is 330 g/mol. The van der Waals surface area contributed by atoms with Crippen molar-refractivity contribution in [3.63, 3.8) is 0 Å². The summed E-state index contributed by atoms with van der Waals surface area (Å²) in [5.74, 6) is 1.58. The lowest BCUT2D eigenvalue weighted by molar-refractivity contribution is 0.0755. The van der Waals surface area contributed by atoms with Gasteiger partial charge >= 0.3 is 0 Å². The normalized spacial score (nSPS) is 10.7. The van der Waals surface area contributed by atoms with E-state index in [2.05, 4.69) is 19.0 Å². The van der Waals surface area contributed by atoms with E-state index >= 15 is 0 Å². The number of rotatable bonds is 8. The number of aryl methyl sites for hydroxylation is 2. The molecular weight excluding hydrogens is 304 g/mol. The minimum Gasteiger partial charge on any atom is -0.489 e.